The van der Waals surface area contributed by atoms with Crippen molar-refractivity contribution in [2.75, 3.05) is 51.7 Å². The van der Waals surface area contributed by atoms with E-state index < -0.39 is 48.3 Å². The number of hydrogen-bond acceptors (Lipinski definition) is 10. The van der Waals surface area contributed by atoms with Gasteiger partial charge >= 0.3 is 23.6 Å². The Balaban J connectivity index is 0. The van der Waals surface area contributed by atoms with E-state index in [1.165, 1.54) is 24.7 Å². The molecule has 1 heterocycles. The summed E-state index contributed by atoms with van der Waals surface area (Å²) in [5.41, 5.74) is 12.1. The molecule has 17 nitrogen and oxygen atoms in total. The molecule has 1 aliphatic carbocycles. The van der Waals surface area contributed by atoms with Crippen LogP contribution in [0.1, 0.15) is 29.5 Å². The largest absolute Gasteiger partial charge is 0.550 e. The number of piperazine rings is 1. The van der Waals surface area contributed by atoms with Crippen molar-refractivity contribution in [2.24, 2.45) is 0 Å². The minimum atomic E-state index is -1.45. The van der Waals surface area contributed by atoms with Gasteiger partial charge in [-0.05, 0) is 53.8 Å². The molecule has 0 unspecified atom stereocenters. The molecule has 0 amide bonds. The first-order valence-electron chi connectivity index (χ1n) is 18.4. The highest BCUT2D eigenvalue weighted by atomic mass is 16.4. The second-order valence-electron chi connectivity index (χ2n) is 12.5. The molecular weight excluding hydrogens is 799 g/mol. The number of aliphatic carboxylic acids is 5. The summed E-state index contributed by atoms with van der Waals surface area (Å²) in [6, 6.07) is 27.3. The predicted octanol–water partition coefficient (Wildman–Crippen LogP) is 4.05. The lowest BCUT2D eigenvalue weighted by Crippen LogP contribution is -2.43. The van der Waals surface area contributed by atoms with Gasteiger partial charge in [0.2, 0.25) is 0 Å². The van der Waals surface area contributed by atoms with Crippen LogP contribution in [-0.2, 0) is 24.0 Å². The Hall–Kier alpha value is -7.53. The van der Waals surface area contributed by atoms with Gasteiger partial charge in [-0.25, -0.2) is 14.4 Å². The Morgan fingerprint density at radius 2 is 1.19 bits per heavy atom. The average Bonchev–Trinajstić information content (AvgIpc) is 3.78. The summed E-state index contributed by atoms with van der Waals surface area (Å²) in [5, 5.41) is 47.9. The second kappa shape index (κ2) is 34.3. The van der Waals surface area contributed by atoms with E-state index in [4.69, 9.17) is 20.9 Å². The maximum atomic E-state index is 10.5. The number of carbonyl (C=O) groups is 5. The van der Waals surface area contributed by atoms with Crippen molar-refractivity contribution >= 4 is 59.5 Å². The Bertz CT molecular complexity index is 1990. The molecule has 0 atom stereocenters. The van der Waals surface area contributed by atoms with E-state index in [-0.39, 0.29) is 12.3 Å². The van der Waals surface area contributed by atoms with E-state index >= 15 is 0 Å². The van der Waals surface area contributed by atoms with Gasteiger partial charge in [0.15, 0.2) is 0 Å². The van der Waals surface area contributed by atoms with Crippen molar-refractivity contribution in [3.63, 3.8) is 0 Å². The topological polar surface area (TPSA) is 320 Å². The van der Waals surface area contributed by atoms with E-state index in [2.05, 4.69) is 51.4 Å². The molecule has 3 aromatic rings. The van der Waals surface area contributed by atoms with Gasteiger partial charge in [-0.2, -0.15) is 4.79 Å². The fraction of sp³-hybridized carbons (Fsp3) is 0.200. The van der Waals surface area contributed by atoms with Crippen molar-refractivity contribution < 1.29 is 54.3 Å². The van der Waals surface area contributed by atoms with Crippen LogP contribution in [0, 0.1) is 0 Å². The van der Waals surface area contributed by atoms with Crippen LogP contribution >= 0.6 is 0 Å². The minimum absolute atomic E-state index is 0. The SMILES string of the molecule is C(=Cc1ccccc1)CN1CCNCC1.CN(C)c1ccc(C=CC(=O)O)cc1.O=C(O)C(=CC=Cc1ccccc1)C(=O)O.O=C([O-])CCC(=O)[O-].[N-]=[N+]=C1C=CC=C1.[NH4+].[NH4+]. The van der Waals surface area contributed by atoms with Gasteiger partial charge in [0, 0.05) is 82.7 Å². The van der Waals surface area contributed by atoms with Gasteiger partial charge in [-0.1, -0.05) is 109 Å². The fourth-order valence-corrected chi connectivity index (χ4v) is 4.54. The maximum absolute atomic E-state index is 10.5. The van der Waals surface area contributed by atoms with Crippen LogP contribution in [0.5, 0.6) is 0 Å². The van der Waals surface area contributed by atoms with Gasteiger partial charge < -0.3 is 63.2 Å². The molecule has 62 heavy (non-hydrogen) atoms. The Kier molecular flexibility index (Phi) is 31.3. The van der Waals surface area contributed by atoms with Crippen LogP contribution in [0.3, 0.4) is 0 Å². The van der Waals surface area contributed by atoms with Crippen molar-refractivity contribution in [1.29, 1.82) is 0 Å². The standard InChI is InChI=1S/C13H18N2.C12H10O4.C11H13NO2.C5H4N2.C4H6O4.2H3N/c1-2-5-13(6-3-1)7-4-10-15-11-8-14-9-12-15;13-11(14)10(12(15)16)8-4-7-9-5-2-1-3-6-9;1-12(2)10-6-3-9(4-7-10)5-8-11(13)14;6-7-5-3-1-2-4-5;5-3(6)1-2-4(7)8;;/h1-7,14H,8-12H2;1-8H,(H,13,14)(H,15,16);3-8H,1-2H3,(H,13,14);1-4H;1-2H2,(H,5,6)(H,7,8);2*1H3. The van der Waals surface area contributed by atoms with Gasteiger partial charge in [0.25, 0.3) is 0 Å². The first kappa shape index (κ1) is 56.6. The quantitative estimate of drug-likeness (QED) is 0.0353. The summed E-state index contributed by atoms with van der Waals surface area (Å²) in [6.45, 7) is 5.65. The van der Waals surface area contributed by atoms with Crippen LogP contribution in [0.25, 0.3) is 23.8 Å². The Labute approximate surface area is 361 Å². The number of carboxylic acids is 5. The molecule has 0 spiro atoms. The molecule has 2 aliphatic rings. The molecule has 0 saturated carbocycles. The van der Waals surface area contributed by atoms with Crippen molar-refractivity contribution in [2.45, 2.75) is 12.8 Å². The van der Waals surface area contributed by atoms with Gasteiger partial charge in [0.05, 0.1) is 0 Å². The third-order valence-corrected chi connectivity index (χ3v) is 7.62. The van der Waals surface area contributed by atoms with Gasteiger partial charge in [0.1, 0.15) is 5.57 Å². The summed E-state index contributed by atoms with van der Waals surface area (Å²) in [5.74, 6) is -6.57. The Morgan fingerprint density at radius 3 is 1.60 bits per heavy atom. The van der Waals surface area contributed by atoms with E-state index in [0.29, 0.717) is 5.71 Å². The van der Waals surface area contributed by atoms with Crippen molar-refractivity contribution in [3.8, 4) is 0 Å². The molecular formula is C45H57N7O10. The van der Waals surface area contributed by atoms with Crippen LogP contribution in [0.2, 0.25) is 0 Å². The van der Waals surface area contributed by atoms with E-state index in [1.54, 1.807) is 24.3 Å². The maximum Gasteiger partial charge on any atom is 0.343 e. The lowest BCUT2D eigenvalue weighted by atomic mass is 10.2. The first-order valence-corrected chi connectivity index (χ1v) is 18.4. The number of carbonyl (C=O) groups excluding carboxylic acids is 2. The van der Waals surface area contributed by atoms with E-state index in [0.717, 1.165) is 48.6 Å². The molecule has 0 radical (unpaired) electrons. The van der Waals surface area contributed by atoms with E-state index in [1.807, 2.05) is 91.8 Å². The summed E-state index contributed by atoms with van der Waals surface area (Å²) in [6.07, 6.45) is 17.4. The van der Waals surface area contributed by atoms with Crippen molar-refractivity contribution in [3.05, 3.63) is 161 Å². The zero-order valence-corrected chi connectivity index (χ0v) is 35.4. The van der Waals surface area contributed by atoms with E-state index in [9.17, 15) is 34.2 Å². The number of anilines is 1. The number of rotatable bonds is 13. The second-order valence-corrected chi connectivity index (χ2v) is 12.5. The normalized spacial score (nSPS) is 12.2. The molecule has 5 rings (SSSR count). The lowest BCUT2D eigenvalue weighted by Gasteiger charge is -2.25. The zero-order chi connectivity index (χ0) is 44.5. The Morgan fingerprint density at radius 1 is 0.726 bits per heavy atom. The molecule has 12 N–H and O–H groups in total. The number of carboxylic acid groups (broad SMARTS) is 5. The van der Waals surface area contributed by atoms with Crippen LogP contribution in [-0.4, -0.2) is 107 Å². The fourth-order valence-electron chi connectivity index (χ4n) is 4.54. The number of quaternary nitrogens is 2. The molecule has 1 saturated heterocycles. The molecule has 17 heteroatoms. The molecule has 3 aromatic carbocycles. The molecule has 1 fully saturated rings. The lowest BCUT2D eigenvalue weighted by molar-refractivity contribution is -0.315. The minimum Gasteiger partial charge on any atom is -0.550 e. The highest BCUT2D eigenvalue weighted by Gasteiger charge is 2.14. The van der Waals surface area contributed by atoms with Crippen LogP contribution in [0.4, 0.5) is 5.69 Å². The summed E-state index contributed by atoms with van der Waals surface area (Å²) >= 11 is 0. The summed E-state index contributed by atoms with van der Waals surface area (Å²) in [4.78, 5) is 57.6. The average molecular weight is 856 g/mol. The molecule has 0 bridgehead atoms. The zero-order valence-electron chi connectivity index (χ0n) is 35.4. The predicted molar refractivity (Wildman–Crippen MR) is 239 cm³/mol. The number of hydrogen-bond donors (Lipinski definition) is 6. The van der Waals surface area contributed by atoms with Crippen LogP contribution in [0.15, 0.2) is 139 Å². The highest BCUT2D eigenvalue weighted by molar-refractivity contribution is 6.12. The monoisotopic (exact) mass is 855 g/mol. The number of nitrogens with one attached hydrogen (secondary N) is 1. The van der Waals surface area contributed by atoms with Crippen LogP contribution < -0.4 is 32.7 Å². The summed E-state index contributed by atoms with van der Waals surface area (Å²) < 4.78 is 0. The van der Waals surface area contributed by atoms with Crippen molar-refractivity contribution in [1.82, 2.24) is 22.5 Å². The van der Waals surface area contributed by atoms with Gasteiger partial charge in [-0.15, -0.1) is 0 Å². The number of benzene rings is 3. The summed E-state index contributed by atoms with van der Waals surface area (Å²) in [7, 11) is 3.92. The first-order chi connectivity index (χ1) is 28.7. The molecule has 332 valence electrons. The molecule has 0 aromatic heterocycles. The number of allylic oxidation sites excluding steroid dienone is 6. The third kappa shape index (κ3) is 28.8. The molecule has 1 aliphatic heterocycles. The highest BCUT2D eigenvalue weighted by Crippen LogP contribution is 2.13. The number of nitrogens with zero attached hydrogens (tertiary/aromatic N) is 4. The smallest absolute Gasteiger partial charge is 0.343 e. The third-order valence-electron chi connectivity index (χ3n) is 7.62. The van der Waals surface area contributed by atoms with Gasteiger partial charge in [-0.3, -0.25) is 4.90 Å².